The van der Waals surface area contributed by atoms with Gasteiger partial charge < -0.3 is 5.11 Å². The Balaban J connectivity index is 2.43. The van der Waals surface area contributed by atoms with E-state index in [4.69, 9.17) is 5.11 Å². The molecule has 1 aliphatic carbocycles. The van der Waals surface area contributed by atoms with Gasteiger partial charge in [-0.1, -0.05) is 0 Å². The zero-order valence-corrected chi connectivity index (χ0v) is 6.80. The van der Waals surface area contributed by atoms with E-state index in [-0.39, 0.29) is 17.3 Å². The highest BCUT2D eigenvalue weighted by Crippen LogP contribution is 2.32. The van der Waals surface area contributed by atoms with Crippen molar-refractivity contribution in [3.63, 3.8) is 0 Å². The van der Waals surface area contributed by atoms with Crippen LogP contribution in [0.3, 0.4) is 0 Å². The van der Waals surface area contributed by atoms with Crippen LogP contribution in [0.4, 0.5) is 0 Å². The molecule has 5 nitrogen and oxygen atoms in total. The van der Waals surface area contributed by atoms with Gasteiger partial charge >= 0.3 is 5.97 Å². The summed E-state index contributed by atoms with van der Waals surface area (Å²) in [5.74, 6) is -1.17. The largest absolute Gasteiger partial charge is 0.477 e. The van der Waals surface area contributed by atoms with E-state index in [0.29, 0.717) is 0 Å². The van der Waals surface area contributed by atoms with Gasteiger partial charge in [-0.3, -0.25) is 9.36 Å². The first kappa shape index (κ1) is 7.97. The maximum Gasteiger partial charge on any atom is 0.354 e. The molecule has 1 heterocycles. The molecule has 1 aromatic heterocycles. The first-order valence-corrected chi connectivity index (χ1v) is 4.00. The number of carboxylic acid groups (broad SMARTS) is 1. The maximum atomic E-state index is 11.3. The molecule has 0 amide bonds. The second-order valence-electron chi connectivity index (χ2n) is 3.06. The highest BCUT2D eigenvalue weighted by molar-refractivity contribution is 5.84. The van der Waals surface area contributed by atoms with Gasteiger partial charge in [0.1, 0.15) is 0 Å². The zero-order valence-electron chi connectivity index (χ0n) is 6.80. The predicted molar refractivity (Wildman–Crippen MR) is 43.7 cm³/mol. The van der Waals surface area contributed by atoms with Crippen LogP contribution in [0.25, 0.3) is 0 Å². The van der Waals surface area contributed by atoms with Gasteiger partial charge in [0.05, 0.1) is 6.33 Å². The van der Waals surface area contributed by atoms with Gasteiger partial charge in [0.2, 0.25) is 0 Å². The summed E-state index contributed by atoms with van der Waals surface area (Å²) in [6, 6.07) is 1.29. The molecule has 0 saturated heterocycles. The van der Waals surface area contributed by atoms with Crippen molar-refractivity contribution < 1.29 is 9.90 Å². The molecule has 1 fully saturated rings. The topological polar surface area (TPSA) is 72.2 Å². The minimum Gasteiger partial charge on any atom is -0.477 e. The molecule has 0 radical (unpaired) electrons. The third kappa shape index (κ3) is 1.44. The molecule has 1 aromatic rings. The lowest BCUT2D eigenvalue weighted by atomic mass is 10.4. The number of carboxylic acids is 1. The third-order valence-electron chi connectivity index (χ3n) is 2.00. The van der Waals surface area contributed by atoms with E-state index in [1.807, 2.05) is 0 Å². The fourth-order valence-electron chi connectivity index (χ4n) is 1.15. The number of aromatic nitrogens is 2. The average Bonchev–Trinajstić information content (AvgIpc) is 2.87. The predicted octanol–water partition coefficient (Wildman–Crippen LogP) is 0.276. The van der Waals surface area contributed by atoms with Crippen molar-refractivity contribution in [1.29, 1.82) is 0 Å². The summed E-state index contributed by atoms with van der Waals surface area (Å²) in [5.41, 5.74) is -0.475. The number of hydrogen-bond acceptors (Lipinski definition) is 3. The van der Waals surface area contributed by atoms with Crippen LogP contribution in [0.1, 0.15) is 29.4 Å². The van der Waals surface area contributed by atoms with Crippen LogP contribution >= 0.6 is 0 Å². The molecule has 0 aromatic carbocycles. The van der Waals surface area contributed by atoms with Gasteiger partial charge in [0, 0.05) is 12.1 Å². The lowest BCUT2D eigenvalue weighted by Crippen LogP contribution is -2.20. The molecule has 5 heteroatoms. The van der Waals surface area contributed by atoms with E-state index >= 15 is 0 Å². The molecule has 0 bridgehead atoms. The summed E-state index contributed by atoms with van der Waals surface area (Å²) >= 11 is 0. The fraction of sp³-hybridized carbons (Fsp3) is 0.375. The van der Waals surface area contributed by atoms with Crippen LogP contribution in [-0.2, 0) is 0 Å². The lowest BCUT2D eigenvalue weighted by Gasteiger charge is -2.00. The van der Waals surface area contributed by atoms with Crippen LogP contribution in [0.15, 0.2) is 17.2 Å². The summed E-state index contributed by atoms with van der Waals surface area (Å²) in [6.45, 7) is 0. The Hall–Kier alpha value is -1.65. The Morgan fingerprint density at radius 3 is 2.77 bits per heavy atom. The van der Waals surface area contributed by atoms with E-state index in [1.165, 1.54) is 10.9 Å². The molecule has 2 rings (SSSR count). The van der Waals surface area contributed by atoms with Crippen LogP contribution in [0.5, 0.6) is 0 Å². The van der Waals surface area contributed by atoms with Gasteiger partial charge in [-0.25, -0.2) is 9.78 Å². The van der Waals surface area contributed by atoms with Gasteiger partial charge in [-0.2, -0.15) is 0 Å². The summed E-state index contributed by atoms with van der Waals surface area (Å²) in [4.78, 5) is 25.4. The number of rotatable bonds is 2. The highest BCUT2D eigenvalue weighted by Gasteiger charge is 2.24. The van der Waals surface area contributed by atoms with Crippen LogP contribution in [-0.4, -0.2) is 20.6 Å². The minimum absolute atomic E-state index is 0.193. The first-order valence-electron chi connectivity index (χ1n) is 4.00. The molecule has 13 heavy (non-hydrogen) atoms. The molecule has 68 valence electrons. The van der Waals surface area contributed by atoms with Crippen molar-refractivity contribution in [1.82, 2.24) is 9.55 Å². The van der Waals surface area contributed by atoms with Crippen molar-refractivity contribution in [2.45, 2.75) is 18.9 Å². The Bertz CT molecular complexity index is 406. The zero-order chi connectivity index (χ0) is 9.42. The number of hydrogen-bond donors (Lipinski definition) is 1. The molecule has 1 N–H and O–H groups in total. The van der Waals surface area contributed by atoms with Gasteiger partial charge in [0.15, 0.2) is 5.69 Å². The summed E-state index contributed by atoms with van der Waals surface area (Å²) in [5, 5.41) is 8.54. The molecule has 0 spiro atoms. The highest BCUT2D eigenvalue weighted by atomic mass is 16.4. The van der Waals surface area contributed by atoms with Crippen LogP contribution in [0.2, 0.25) is 0 Å². The van der Waals surface area contributed by atoms with Gasteiger partial charge in [-0.05, 0) is 12.8 Å². The Morgan fingerprint density at radius 2 is 2.31 bits per heavy atom. The SMILES string of the molecule is O=C(O)c1cc(=O)n(C2CC2)cn1. The fourth-order valence-corrected chi connectivity index (χ4v) is 1.15. The molecular weight excluding hydrogens is 172 g/mol. The Labute approximate surface area is 73.7 Å². The van der Waals surface area contributed by atoms with E-state index in [2.05, 4.69) is 4.98 Å². The van der Waals surface area contributed by atoms with Crippen molar-refractivity contribution in [3.05, 3.63) is 28.4 Å². The number of aromatic carboxylic acids is 1. The Morgan fingerprint density at radius 1 is 1.62 bits per heavy atom. The molecule has 0 aliphatic heterocycles. The van der Waals surface area contributed by atoms with E-state index < -0.39 is 5.97 Å². The summed E-state index contributed by atoms with van der Waals surface area (Å²) in [6.07, 6.45) is 3.27. The van der Waals surface area contributed by atoms with E-state index in [1.54, 1.807) is 0 Å². The maximum absolute atomic E-state index is 11.3. The smallest absolute Gasteiger partial charge is 0.354 e. The first-order chi connectivity index (χ1) is 6.18. The van der Waals surface area contributed by atoms with Crippen molar-refractivity contribution in [2.75, 3.05) is 0 Å². The van der Waals surface area contributed by atoms with Crippen molar-refractivity contribution in [3.8, 4) is 0 Å². The Kier molecular flexibility index (Phi) is 1.65. The second-order valence-corrected chi connectivity index (χ2v) is 3.06. The molecule has 0 atom stereocenters. The van der Waals surface area contributed by atoms with E-state index in [0.717, 1.165) is 18.9 Å². The number of nitrogens with zero attached hydrogens (tertiary/aromatic N) is 2. The molecule has 0 unspecified atom stereocenters. The van der Waals surface area contributed by atoms with Crippen molar-refractivity contribution in [2.24, 2.45) is 0 Å². The standard InChI is InChI=1S/C8H8N2O3/c11-7-3-6(8(12)13)9-4-10(7)5-1-2-5/h3-5H,1-2H2,(H,12,13). The third-order valence-corrected chi connectivity index (χ3v) is 2.00. The monoisotopic (exact) mass is 180 g/mol. The minimum atomic E-state index is -1.17. The molecule has 1 aliphatic rings. The second kappa shape index (κ2) is 2.69. The lowest BCUT2D eigenvalue weighted by molar-refractivity contribution is 0.0690. The summed E-state index contributed by atoms with van der Waals surface area (Å²) in [7, 11) is 0. The molecule has 1 saturated carbocycles. The molecular formula is C8H8N2O3. The van der Waals surface area contributed by atoms with Crippen LogP contribution < -0.4 is 5.56 Å². The number of carbonyl (C=O) groups is 1. The normalized spacial score (nSPS) is 15.7. The average molecular weight is 180 g/mol. The van der Waals surface area contributed by atoms with E-state index in [9.17, 15) is 9.59 Å². The summed E-state index contributed by atoms with van der Waals surface area (Å²) < 4.78 is 1.48. The van der Waals surface area contributed by atoms with Crippen LogP contribution in [0, 0.1) is 0 Å². The van der Waals surface area contributed by atoms with Gasteiger partial charge in [-0.15, -0.1) is 0 Å². The van der Waals surface area contributed by atoms with Crippen molar-refractivity contribution >= 4 is 5.97 Å². The quantitative estimate of drug-likeness (QED) is 0.709. The van der Waals surface area contributed by atoms with Gasteiger partial charge in [0.25, 0.3) is 5.56 Å².